The summed E-state index contributed by atoms with van der Waals surface area (Å²) in [7, 11) is 0. The Bertz CT molecular complexity index is 592. The topological polar surface area (TPSA) is 257 Å². The molecule has 1 aliphatic carbocycles. The van der Waals surface area contributed by atoms with Gasteiger partial charge < -0.3 is 71.9 Å². The number of rotatable bonds is 6. The number of nitrogens with two attached hydrogens (primary N) is 3. The molecule has 7 unspecified atom stereocenters. The molecule has 0 radical (unpaired) electrons. The molecule has 0 aromatic heterocycles. The third-order valence-corrected chi connectivity index (χ3v) is 6.07. The summed E-state index contributed by atoms with van der Waals surface area (Å²) in [6.45, 7) is -1.22. The number of aliphatic hydroxyl groups is 7. The molecule has 0 aromatic carbocycles. The third kappa shape index (κ3) is 4.87. The van der Waals surface area contributed by atoms with Crippen LogP contribution in [0.15, 0.2) is 0 Å². The third-order valence-electron chi connectivity index (χ3n) is 6.07. The monoisotopic (exact) mass is 455 g/mol. The summed E-state index contributed by atoms with van der Waals surface area (Å²) >= 11 is 0. The number of hydrogen-bond acceptors (Lipinski definition) is 14. The molecule has 3 aliphatic rings. The normalized spacial score (nSPS) is 53.6. The van der Waals surface area contributed by atoms with Crippen molar-refractivity contribution in [3.63, 3.8) is 0 Å². The van der Waals surface area contributed by atoms with E-state index in [1.807, 2.05) is 0 Å². The van der Waals surface area contributed by atoms with Crippen LogP contribution in [0.2, 0.25) is 0 Å². The van der Waals surface area contributed by atoms with Gasteiger partial charge in [-0.25, -0.2) is 0 Å². The van der Waals surface area contributed by atoms with Gasteiger partial charge in [-0.05, 0) is 6.42 Å². The Hall–Kier alpha value is -0.560. The summed E-state index contributed by atoms with van der Waals surface area (Å²) in [5, 5.41) is 69.7. The maximum Gasteiger partial charge on any atom is 0.187 e. The van der Waals surface area contributed by atoms with Crippen LogP contribution in [0.3, 0.4) is 0 Å². The van der Waals surface area contributed by atoms with Gasteiger partial charge in [0, 0.05) is 12.1 Å². The Labute approximate surface area is 178 Å². The van der Waals surface area contributed by atoms with E-state index in [0.717, 1.165) is 0 Å². The van der Waals surface area contributed by atoms with Gasteiger partial charge in [0.15, 0.2) is 12.6 Å². The van der Waals surface area contributed by atoms with Crippen molar-refractivity contribution in [2.45, 2.75) is 92.1 Å². The lowest BCUT2D eigenvalue weighted by molar-refractivity contribution is -0.317. The highest BCUT2D eigenvalue weighted by Crippen LogP contribution is 2.31. The van der Waals surface area contributed by atoms with E-state index in [1.165, 1.54) is 0 Å². The molecule has 2 saturated heterocycles. The van der Waals surface area contributed by atoms with Crippen molar-refractivity contribution in [3.8, 4) is 0 Å². The summed E-state index contributed by atoms with van der Waals surface area (Å²) in [6, 6.07) is -2.73. The summed E-state index contributed by atoms with van der Waals surface area (Å²) in [5.74, 6) is 0. The fraction of sp³-hybridized carbons (Fsp3) is 1.00. The molecular weight excluding hydrogens is 422 g/mol. The van der Waals surface area contributed by atoms with Gasteiger partial charge in [-0.1, -0.05) is 0 Å². The van der Waals surface area contributed by atoms with Crippen LogP contribution < -0.4 is 17.2 Å². The maximum absolute atomic E-state index is 10.5. The zero-order chi connectivity index (χ0) is 23.0. The van der Waals surface area contributed by atoms with E-state index in [-0.39, 0.29) is 6.42 Å². The van der Waals surface area contributed by atoms with Crippen LogP contribution in [0.1, 0.15) is 6.42 Å². The molecule has 1 saturated carbocycles. The summed E-state index contributed by atoms with van der Waals surface area (Å²) < 4.78 is 22.1. The SMILES string of the molecule is NC1C(O[C@@H]2O[C@H](CO)C(O)[C@@H]2O)[C@H](O)C(CO)O[C@@H]1O[C@@H]1C(N)C[C@@H](N)C(O)C1O. The van der Waals surface area contributed by atoms with Gasteiger partial charge >= 0.3 is 0 Å². The molecule has 0 spiro atoms. The largest absolute Gasteiger partial charge is 0.394 e. The first-order valence-corrected chi connectivity index (χ1v) is 10.1. The number of ether oxygens (including phenoxy) is 4. The molecule has 0 aromatic rings. The van der Waals surface area contributed by atoms with Gasteiger partial charge in [-0.2, -0.15) is 0 Å². The quantitative estimate of drug-likeness (QED) is 0.179. The first kappa shape index (κ1) is 25.1. The molecule has 3 rings (SSSR count). The smallest absolute Gasteiger partial charge is 0.187 e. The first-order valence-electron chi connectivity index (χ1n) is 10.1. The number of hydrogen-bond donors (Lipinski definition) is 10. The summed E-state index contributed by atoms with van der Waals surface area (Å²) in [4.78, 5) is 0. The molecule has 2 aliphatic heterocycles. The molecule has 2 heterocycles. The van der Waals surface area contributed by atoms with Crippen molar-refractivity contribution in [2.75, 3.05) is 13.2 Å². The lowest BCUT2D eigenvalue weighted by Crippen LogP contribution is -2.68. The van der Waals surface area contributed by atoms with E-state index in [0.29, 0.717) is 0 Å². The lowest BCUT2D eigenvalue weighted by Gasteiger charge is -2.47. The fourth-order valence-corrected chi connectivity index (χ4v) is 4.14. The predicted octanol–water partition coefficient (Wildman–Crippen LogP) is -6.62. The molecule has 182 valence electrons. The molecule has 0 amide bonds. The maximum atomic E-state index is 10.5. The molecule has 13 N–H and O–H groups in total. The van der Waals surface area contributed by atoms with Crippen molar-refractivity contribution in [1.82, 2.24) is 0 Å². The second kappa shape index (κ2) is 10.1. The fourth-order valence-electron chi connectivity index (χ4n) is 4.14. The van der Waals surface area contributed by atoms with Gasteiger partial charge in [-0.3, -0.25) is 0 Å². The van der Waals surface area contributed by atoms with E-state index in [2.05, 4.69) is 0 Å². The average Bonchev–Trinajstić information content (AvgIpc) is 3.01. The Morgan fingerprint density at radius 3 is 1.77 bits per heavy atom. The molecule has 14 atom stereocenters. The van der Waals surface area contributed by atoms with Gasteiger partial charge in [0.25, 0.3) is 0 Å². The van der Waals surface area contributed by atoms with Crippen LogP contribution in [-0.2, 0) is 18.9 Å². The zero-order valence-electron chi connectivity index (χ0n) is 16.7. The second-order valence-corrected chi connectivity index (χ2v) is 8.25. The highest BCUT2D eigenvalue weighted by Gasteiger charge is 2.52. The highest BCUT2D eigenvalue weighted by molar-refractivity contribution is 5.00. The lowest BCUT2D eigenvalue weighted by atomic mass is 9.84. The van der Waals surface area contributed by atoms with Crippen molar-refractivity contribution >= 4 is 0 Å². The van der Waals surface area contributed by atoms with Crippen LogP contribution in [0.25, 0.3) is 0 Å². The Kier molecular flexibility index (Phi) is 8.21. The Morgan fingerprint density at radius 2 is 1.19 bits per heavy atom. The van der Waals surface area contributed by atoms with Gasteiger partial charge in [0.2, 0.25) is 0 Å². The standard InChI is InChI=1S/C17H33N3O11/c18-4-1-5(19)14(12(26)9(4)23)30-16-8(20)15(11(25)7(3-22)28-16)31-17-13(27)10(24)6(2-21)29-17/h4-17,21-27H,1-3,18-20H2/t4-,5?,6-,7?,8?,9?,10?,11-,12?,13+,14-,15?,16-,17+/m1/s1. The van der Waals surface area contributed by atoms with Gasteiger partial charge in [0.1, 0.15) is 48.8 Å². The van der Waals surface area contributed by atoms with E-state index >= 15 is 0 Å². The molecule has 14 nitrogen and oxygen atoms in total. The van der Waals surface area contributed by atoms with Crippen LogP contribution in [0.5, 0.6) is 0 Å². The minimum Gasteiger partial charge on any atom is -0.394 e. The minimum atomic E-state index is -1.53. The van der Waals surface area contributed by atoms with Crippen molar-refractivity contribution in [2.24, 2.45) is 17.2 Å². The Balaban J connectivity index is 1.74. The predicted molar refractivity (Wildman–Crippen MR) is 99.8 cm³/mol. The minimum absolute atomic E-state index is 0.152. The van der Waals surface area contributed by atoms with Crippen LogP contribution in [0.4, 0.5) is 0 Å². The van der Waals surface area contributed by atoms with Crippen LogP contribution >= 0.6 is 0 Å². The van der Waals surface area contributed by atoms with Crippen molar-refractivity contribution in [3.05, 3.63) is 0 Å². The molecule has 0 bridgehead atoms. The van der Waals surface area contributed by atoms with Crippen LogP contribution in [0, 0.1) is 0 Å². The van der Waals surface area contributed by atoms with E-state index in [4.69, 9.17) is 36.1 Å². The van der Waals surface area contributed by atoms with Crippen molar-refractivity contribution < 1.29 is 54.7 Å². The second-order valence-electron chi connectivity index (χ2n) is 8.25. The van der Waals surface area contributed by atoms with Crippen molar-refractivity contribution in [1.29, 1.82) is 0 Å². The van der Waals surface area contributed by atoms with Crippen LogP contribution in [-0.4, -0.2) is 135 Å². The van der Waals surface area contributed by atoms with E-state index in [1.54, 1.807) is 0 Å². The molecular formula is C17H33N3O11. The number of aliphatic hydroxyl groups excluding tert-OH is 7. The summed E-state index contributed by atoms with van der Waals surface area (Å²) in [6.07, 6.45) is -14.5. The zero-order valence-corrected chi connectivity index (χ0v) is 16.7. The molecule has 14 heteroatoms. The Morgan fingerprint density at radius 1 is 0.645 bits per heavy atom. The van der Waals surface area contributed by atoms with Gasteiger partial charge in [0.05, 0.1) is 25.4 Å². The van der Waals surface area contributed by atoms with E-state index in [9.17, 15) is 35.7 Å². The summed E-state index contributed by atoms with van der Waals surface area (Å²) in [5.41, 5.74) is 17.9. The van der Waals surface area contributed by atoms with Gasteiger partial charge in [-0.15, -0.1) is 0 Å². The molecule has 3 fully saturated rings. The first-order chi connectivity index (χ1) is 14.6. The molecule has 31 heavy (non-hydrogen) atoms. The highest BCUT2D eigenvalue weighted by atomic mass is 16.7. The average molecular weight is 455 g/mol. The van der Waals surface area contributed by atoms with E-state index < -0.39 is 98.9 Å².